The van der Waals surface area contributed by atoms with E-state index >= 15 is 0 Å². The molecule has 0 radical (unpaired) electrons. The van der Waals surface area contributed by atoms with E-state index in [-0.39, 0.29) is 35.7 Å². The Labute approximate surface area is 256 Å². The number of nitrogens with zero attached hydrogens (tertiary/aromatic N) is 1. The molecule has 9 nitrogen and oxygen atoms in total. The van der Waals surface area contributed by atoms with Crippen molar-refractivity contribution < 1.29 is 33.0 Å². The summed E-state index contributed by atoms with van der Waals surface area (Å²) in [6, 6.07) is 11.0. The number of carbonyl (C=O) groups excluding carboxylic acids is 1. The third-order valence-corrected chi connectivity index (χ3v) is 11.7. The molecule has 0 aromatic heterocycles. The number of anilines is 1. The number of allylic oxidation sites excluding steroid dienone is 1. The summed E-state index contributed by atoms with van der Waals surface area (Å²) in [5.74, 6) is -1.22. The highest BCUT2D eigenvalue weighted by atomic mass is 35.5. The molecule has 4 aliphatic rings. The van der Waals surface area contributed by atoms with Crippen LogP contribution in [0.5, 0.6) is 5.75 Å². The molecule has 1 amide bonds. The van der Waals surface area contributed by atoms with Crippen LogP contribution in [0.3, 0.4) is 0 Å². The van der Waals surface area contributed by atoms with Gasteiger partial charge in [0.05, 0.1) is 30.1 Å². The van der Waals surface area contributed by atoms with Gasteiger partial charge in [-0.15, -0.1) is 0 Å². The molecule has 2 aromatic carbocycles. The number of sulfonamides is 1. The number of halogens is 1. The predicted molar refractivity (Wildman–Crippen MR) is 163 cm³/mol. The number of fused-ring (bicyclic) bond motifs is 4. The number of aliphatic hydroxyl groups excluding tert-OH is 1. The normalized spacial score (nSPS) is 30.9. The fourth-order valence-electron chi connectivity index (χ4n) is 7.30. The van der Waals surface area contributed by atoms with Gasteiger partial charge in [-0.3, -0.25) is 9.59 Å². The van der Waals surface area contributed by atoms with Crippen molar-refractivity contribution in [1.82, 2.24) is 4.72 Å². The summed E-state index contributed by atoms with van der Waals surface area (Å²) in [6.07, 6.45) is 7.04. The minimum absolute atomic E-state index is 0.00675. The minimum Gasteiger partial charge on any atom is -0.490 e. The second-order valence-electron chi connectivity index (χ2n) is 12.5. The highest BCUT2D eigenvalue weighted by molar-refractivity contribution is 7.90. The fourth-order valence-corrected chi connectivity index (χ4v) is 8.85. The van der Waals surface area contributed by atoms with Gasteiger partial charge in [-0.25, -0.2) is 13.1 Å². The lowest BCUT2D eigenvalue weighted by molar-refractivity contribution is -0.137. The molecule has 1 fully saturated rings. The van der Waals surface area contributed by atoms with Crippen LogP contribution in [0.4, 0.5) is 5.69 Å². The van der Waals surface area contributed by atoms with Gasteiger partial charge < -0.3 is 19.8 Å². The van der Waals surface area contributed by atoms with Crippen molar-refractivity contribution in [2.24, 2.45) is 11.8 Å². The number of aliphatic carboxylic acids is 1. The minimum atomic E-state index is -4.30. The summed E-state index contributed by atoms with van der Waals surface area (Å²) < 4.78 is 35.0. The first kappa shape index (κ1) is 30.0. The first-order chi connectivity index (χ1) is 20.5. The number of ether oxygens (including phenoxy) is 1. The smallest absolute Gasteiger partial charge is 0.304 e. The molecule has 2 aromatic rings. The number of aliphatic hydroxyl groups is 1. The molecule has 1 saturated carbocycles. The van der Waals surface area contributed by atoms with E-state index in [0.29, 0.717) is 36.2 Å². The van der Waals surface area contributed by atoms with Gasteiger partial charge in [0.15, 0.2) is 0 Å². The monoisotopic (exact) mass is 628 g/mol. The number of carbonyl (C=O) groups is 2. The summed E-state index contributed by atoms with van der Waals surface area (Å²) in [7, 11) is -4.30. The van der Waals surface area contributed by atoms with Gasteiger partial charge in [0, 0.05) is 29.1 Å². The number of rotatable bonds is 2. The number of carboxylic acids is 1. The SMILES string of the molecule is O=C(O)C[C@H]1CC/C=C/[C@H](O)[C@@H]2CC[C@H]2CN2C[C@@]3(CCCc4cc(Cl)ccc43)COc3ccc(cc32)C(=O)NS1(=O)=O. The molecule has 2 aliphatic carbocycles. The Morgan fingerprint density at radius 2 is 2.00 bits per heavy atom. The highest BCUT2D eigenvalue weighted by Crippen LogP contribution is 2.46. The Balaban J connectivity index is 1.41. The van der Waals surface area contributed by atoms with E-state index in [4.69, 9.17) is 16.3 Å². The number of amides is 1. The van der Waals surface area contributed by atoms with Crippen molar-refractivity contribution in [1.29, 1.82) is 0 Å². The molecule has 43 heavy (non-hydrogen) atoms. The van der Waals surface area contributed by atoms with E-state index in [1.807, 2.05) is 12.1 Å². The van der Waals surface area contributed by atoms with Gasteiger partial charge in [-0.2, -0.15) is 0 Å². The largest absolute Gasteiger partial charge is 0.490 e. The molecular weight excluding hydrogens is 592 g/mol. The van der Waals surface area contributed by atoms with Gasteiger partial charge in [0.25, 0.3) is 5.91 Å². The maximum Gasteiger partial charge on any atom is 0.304 e. The van der Waals surface area contributed by atoms with E-state index in [0.717, 1.165) is 32.1 Å². The molecule has 5 atom stereocenters. The average molecular weight is 629 g/mol. The summed E-state index contributed by atoms with van der Waals surface area (Å²) in [6.45, 7) is 1.73. The lowest BCUT2D eigenvalue weighted by Gasteiger charge is -2.45. The Bertz CT molecular complexity index is 1560. The molecule has 11 heteroatoms. The van der Waals surface area contributed by atoms with Crippen molar-refractivity contribution in [3.8, 4) is 5.75 Å². The molecule has 0 saturated heterocycles. The number of benzene rings is 2. The van der Waals surface area contributed by atoms with Gasteiger partial charge in [-0.1, -0.05) is 29.8 Å². The zero-order chi connectivity index (χ0) is 30.4. The van der Waals surface area contributed by atoms with Crippen molar-refractivity contribution in [3.63, 3.8) is 0 Å². The van der Waals surface area contributed by atoms with Gasteiger partial charge in [0.1, 0.15) is 5.75 Å². The van der Waals surface area contributed by atoms with Crippen LogP contribution in [0, 0.1) is 11.8 Å². The van der Waals surface area contributed by atoms with Crippen LogP contribution in [0.1, 0.15) is 66.4 Å². The highest BCUT2D eigenvalue weighted by Gasteiger charge is 2.44. The number of hydrogen-bond donors (Lipinski definition) is 3. The molecule has 1 spiro atoms. The summed E-state index contributed by atoms with van der Waals surface area (Å²) in [4.78, 5) is 27.1. The van der Waals surface area contributed by atoms with E-state index in [2.05, 4.69) is 15.7 Å². The Morgan fingerprint density at radius 3 is 2.77 bits per heavy atom. The van der Waals surface area contributed by atoms with Crippen molar-refractivity contribution >= 4 is 39.2 Å². The quantitative estimate of drug-likeness (QED) is 0.416. The van der Waals surface area contributed by atoms with Crippen molar-refractivity contribution in [3.05, 3.63) is 70.3 Å². The zero-order valence-corrected chi connectivity index (χ0v) is 25.4. The van der Waals surface area contributed by atoms with Gasteiger partial charge >= 0.3 is 5.97 Å². The molecular formula is C32H37ClN2O7S. The van der Waals surface area contributed by atoms with E-state index in [1.54, 1.807) is 30.4 Å². The molecule has 0 unspecified atom stereocenters. The van der Waals surface area contributed by atoms with Crippen molar-refractivity contribution in [2.45, 2.75) is 68.1 Å². The van der Waals surface area contributed by atoms with Gasteiger partial charge in [-0.05, 0) is 98.2 Å². The van der Waals surface area contributed by atoms with Crippen LogP contribution in [0.25, 0.3) is 0 Å². The van der Waals surface area contributed by atoms with E-state index in [1.165, 1.54) is 11.1 Å². The zero-order valence-electron chi connectivity index (χ0n) is 23.9. The van der Waals surface area contributed by atoms with Crippen LogP contribution < -0.4 is 14.4 Å². The Kier molecular flexibility index (Phi) is 8.21. The van der Waals surface area contributed by atoms with Gasteiger partial charge in [0.2, 0.25) is 10.0 Å². The summed E-state index contributed by atoms with van der Waals surface area (Å²) in [5, 5.41) is 19.8. The molecule has 6 rings (SSSR count). The second-order valence-corrected chi connectivity index (χ2v) is 14.9. The molecule has 3 N–H and O–H groups in total. The topological polar surface area (TPSA) is 133 Å². The molecule has 2 aliphatic heterocycles. The standard InChI is InChI=1S/C32H37ClN2O7S/c33-23-9-11-26-20(14-23)4-3-13-32(26)18-35-17-22-7-10-25(22)28(36)6-2-1-5-24(16-30(37)38)43(40,41)34-31(39)21-8-12-29(42-19-32)27(35)15-21/h2,6,8-9,11-12,14-15,22,24-25,28,36H,1,3-5,7,10,13,16-19H2,(H,34,39)(H,37,38)/b6-2+/t22-,24+,25+,28-,32-/m0/s1. The maximum absolute atomic E-state index is 13.3. The Morgan fingerprint density at radius 1 is 1.16 bits per heavy atom. The van der Waals surface area contributed by atoms with Crippen molar-refractivity contribution in [2.75, 3.05) is 24.6 Å². The lowest BCUT2D eigenvalue weighted by Crippen LogP contribution is -2.49. The number of carboxylic acid groups (broad SMARTS) is 1. The van der Waals surface area contributed by atoms with Crippen LogP contribution >= 0.6 is 11.6 Å². The fraction of sp³-hybridized carbons (Fsp3) is 0.500. The first-order valence-corrected chi connectivity index (χ1v) is 16.9. The molecule has 230 valence electrons. The molecule has 2 heterocycles. The van der Waals surface area contributed by atoms with Crippen LogP contribution in [-0.2, 0) is 26.7 Å². The number of nitrogens with one attached hydrogen (secondary N) is 1. The Hall–Kier alpha value is -3.08. The first-order valence-electron chi connectivity index (χ1n) is 15.0. The van der Waals surface area contributed by atoms with Crippen LogP contribution in [0.15, 0.2) is 48.6 Å². The third-order valence-electron chi connectivity index (χ3n) is 9.73. The van der Waals surface area contributed by atoms with Crippen LogP contribution in [-0.4, -0.2) is 61.6 Å². The lowest BCUT2D eigenvalue weighted by atomic mass is 9.68. The number of aryl methyl sites for hydroxylation is 1. The average Bonchev–Trinajstić information content (AvgIpc) is 3.08. The second kappa shape index (κ2) is 11.8. The van der Waals surface area contributed by atoms with Crippen LogP contribution in [0.2, 0.25) is 5.02 Å². The predicted octanol–water partition coefficient (Wildman–Crippen LogP) is 4.45. The molecule has 2 bridgehead atoms. The summed E-state index contributed by atoms with van der Waals surface area (Å²) in [5.41, 5.74) is 2.96. The maximum atomic E-state index is 13.3. The third kappa shape index (κ3) is 6.01. The van der Waals surface area contributed by atoms with E-state index < -0.39 is 39.7 Å². The van der Waals surface area contributed by atoms with E-state index in [9.17, 15) is 28.2 Å². The summed E-state index contributed by atoms with van der Waals surface area (Å²) >= 11 is 6.37. The number of hydrogen-bond acceptors (Lipinski definition) is 7.